The maximum atomic E-state index is 12.5. The lowest BCUT2D eigenvalue weighted by atomic mass is 9.92. The van der Waals surface area contributed by atoms with Gasteiger partial charge in [0.1, 0.15) is 5.76 Å². The molecule has 0 aliphatic carbocycles. The Hall–Kier alpha value is -3.12. The number of hydrogen-bond donors (Lipinski definition) is 4. The van der Waals surface area contributed by atoms with Crippen molar-refractivity contribution < 1.29 is 23.6 Å². The van der Waals surface area contributed by atoms with Crippen LogP contribution in [0.15, 0.2) is 71.5 Å². The lowest BCUT2D eigenvalue weighted by Crippen LogP contribution is -2.24. The Morgan fingerprint density at radius 2 is 1.81 bits per heavy atom. The summed E-state index contributed by atoms with van der Waals surface area (Å²) >= 11 is 0. The smallest absolute Gasteiger partial charge is 0.335 e. The van der Waals surface area contributed by atoms with E-state index in [1.54, 1.807) is 50.6 Å². The highest BCUT2D eigenvalue weighted by atomic mass is 31.2. The summed E-state index contributed by atoms with van der Waals surface area (Å²) in [5.41, 5.74) is 4.18. The monoisotopic (exact) mass is 452 g/mol. The van der Waals surface area contributed by atoms with Crippen molar-refractivity contribution in [1.29, 1.82) is 0 Å². The van der Waals surface area contributed by atoms with E-state index in [0.717, 1.165) is 16.9 Å². The number of carbonyl (C=O) groups is 1. The molecule has 1 aliphatic rings. The third-order valence-electron chi connectivity index (χ3n) is 6.14. The predicted molar refractivity (Wildman–Crippen MR) is 125 cm³/mol. The number of anilines is 2. The number of hydrogen-bond acceptors (Lipinski definition) is 4. The number of rotatable bonds is 7. The Morgan fingerprint density at radius 1 is 1.09 bits per heavy atom. The van der Waals surface area contributed by atoms with Gasteiger partial charge in [0.2, 0.25) is 0 Å². The average molecular weight is 452 g/mol. The van der Waals surface area contributed by atoms with Crippen molar-refractivity contribution in [2.24, 2.45) is 0 Å². The topological polar surface area (TPSA) is 112 Å². The number of benzene rings is 2. The zero-order valence-electron chi connectivity index (χ0n) is 17.8. The highest BCUT2D eigenvalue weighted by Crippen LogP contribution is 2.60. The van der Waals surface area contributed by atoms with Crippen LogP contribution in [0.25, 0.3) is 16.9 Å². The number of nitrogens with one attached hydrogen (secondary N) is 2. The summed E-state index contributed by atoms with van der Waals surface area (Å²) in [5, 5.41) is 4.80. The molecule has 4 rings (SSSR count). The molecule has 1 aliphatic heterocycles. The largest absolute Gasteiger partial charge is 0.464 e. The highest BCUT2D eigenvalue weighted by Gasteiger charge is 2.45. The number of carbonyl (C=O) groups excluding carboxylic acids is 1. The number of fused-ring (bicyclic) bond motifs is 1. The molecule has 0 saturated carbocycles. The third kappa shape index (κ3) is 3.79. The summed E-state index contributed by atoms with van der Waals surface area (Å²) < 4.78 is 17.6. The molecule has 0 spiro atoms. The first-order valence-electron chi connectivity index (χ1n) is 10.4. The van der Waals surface area contributed by atoms with Crippen LogP contribution in [-0.2, 0) is 14.5 Å². The lowest BCUT2D eigenvalue weighted by Gasteiger charge is -2.33. The minimum absolute atomic E-state index is 0.210. The number of amides is 1. The Labute approximate surface area is 186 Å². The first-order valence-corrected chi connectivity index (χ1v) is 12.0. The van der Waals surface area contributed by atoms with E-state index in [0.29, 0.717) is 35.4 Å². The minimum Gasteiger partial charge on any atom is -0.464 e. The molecule has 4 N–H and O–H groups in total. The summed E-state index contributed by atoms with van der Waals surface area (Å²) in [5.74, 6) is 0.515. The first-order chi connectivity index (χ1) is 15.3. The van der Waals surface area contributed by atoms with Crippen LogP contribution in [-0.4, -0.2) is 15.7 Å². The van der Waals surface area contributed by atoms with Crippen molar-refractivity contribution in [1.82, 2.24) is 0 Å². The molecule has 0 unspecified atom stereocenters. The van der Waals surface area contributed by atoms with Gasteiger partial charge in [-0.3, -0.25) is 9.36 Å². The summed E-state index contributed by atoms with van der Waals surface area (Å²) in [4.78, 5) is 32.4. The predicted octanol–water partition coefficient (Wildman–Crippen LogP) is 5.54. The Balaban J connectivity index is 1.57. The molecule has 0 fully saturated rings. The van der Waals surface area contributed by atoms with E-state index in [1.807, 2.05) is 30.3 Å². The molecule has 32 heavy (non-hydrogen) atoms. The SMILES string of the molecule is CCC(CC)(c1ccc(NC=C2C(=O)Nc3cc(-c4ccco4)ccc32)cc1)P(=O)(O)O. The van der Waals surface area contributed by atoms with Crippen LogP contribution in [0.2, 0.25) is 0 Å². The van der Waals surface area contributed by atoms with Gasteiger partial charge in [-0.05, 0) is 48.7 Å². The summed E-state index contributed by atoms with van der Waals surface area (Å²) in [6.07, 6.45) is 3.91. The van der Waals surface area contributed by atoms with Gasteiger partial charge >= 0.3 is 7.60 Å². The van der Waals surface area contributed by atoms with E-state index < -0.39 is 12.8 Å². The second kappa shape index (κ2) is 8.43. The van der Waals surface area contributed by atoms with Crippen molar-refractivity contribution in [3.8, 4) is 11.3 Å². The van der Waals surface area contributed by atoms with Crippen molar-refractivity contribution in [3.05, 3.63) is 78.2 Å². The zero-order valence-corrected chi connectivity index (χ0v) is 18.7. The van der Waals surface area contributed by atoms with Crippen molar-refractivity contribution in [2.45, 2.75) is 31.8 Å². The minimum atomic E-state index is -4.34. The molecule has 8 heteroatoms. The second-order valence-corrected chi connectivity index (χ2v) is 9.70. The lowest BCUT2D eigenvalue weighted by molar-refractivity contribution is -0.110. The molecule has 0 atom stereocenters. The highest BCUT2D eigenvalue weighted by molar-refractivity contribution is 7.53. The average Bonchev–Trinajstić information content (AvgIpc) is 3.40. The van der Waals surface area contributed by atoms with Gasteiger partial charge in [0.25, 0.3) is 5.91 Å². The molecule has 3 aromatic rings. The van der Waals surface area contributed by atoms with E-state index in [1.165, 1.54) is 0 Å². The molecule has 0 bridgehead atoms. The van der Waals surface area contributed by atoms with Crippen molar-refractivity contribution >= 4 is 30.5 Å². The molecule has 1 aromatic heterocycles. The quantitative estimate of drug-likeness (QED) is 0.276. The van der Waals surface area contributed by atoms with Crippen LogP contribution >= 0.6 is 7.60 Å². The van der Waals surface area contributed by atoms with E-state index in [-0.39, 0.29) is 5.91 Å². The summed E-state index contributed by atoms with van der Waals surface area (Å²) in [6.45, 7) is 3.57. The Kier molecular flexibility index (Phi) is 5.82. The second-order valence-electron chi connectivity index (χ2n) is 7.75. The van der Waals surface area contributed by atoms with Crippen LogP contribution in [0.1, 0.15) is 37.8 Å². The molecule has 2 heterocycles. The van der Waals surface area contributed by atoms with Gasteiger partial charge < -0.3 is 24.8 Å². The Bertz CT molecular complexity index is 1210. The van der Waals surface area contributed by atoms with Gasteiger partial charge in [0, 0.05) is 28.7 Å². The van der Waals surface area contributed by atoms with E-state index >= 15 is 0 Å². The molecule has 0 saturated heterocycles. The van der Waals surface area contributed by atoms with Gasteiger partial charge in [-0.25, -0.2) is 0 Å². The van der Waals surface area contributed by atoms with Gasteiger partial charge in [-0.2, -0.15) is 0 Å². The molecular weight excluding hydrogens is 427 g/mol. The molecule has 2 aromatic carbocycles. The van der Waals surface area contributed by atoms with Crippen LogP contribution < -0.4 is 10.6 Å². The zero-order chi connectivity index (χ0) is 22.9. The fourth-order valence-corrected chi connectivity index (χ4v) is 5.51. The fourth-order valence-electron chi connectivity index (χ4n) is 4.20. The van der Waals surface area contributed by atoms with E-state index in [2.05, 4.69) is 10.6 Å². The van der Waals surface area contributed by atoms with Crippen molar-refractivity contribution in [3.63, 3.8) is 0 Å². The van der Waals surface area contributed by atoms with Gasteiger partial charge in [-0.15, -0.1) is 0 Å². The molecule has 166 valence electrons. The van der Waals surface area contributed by atoms with Gasteiger partial charge in [0.05, 0.1) is 17.0 Å². The maximum Gasteiger partial charge on any atom is 0.335 e. The van der Waals surface area contributed by atoms with Crippen LogP contribution in [0.5, 0.6) is 0 Å². The summed E-state index contributed by atoms with van der Waals surface area (Å²) in [6, 6.07) is 16.3. The molecular formula is C24H25N2O5P. The fraction of sp³-hybridized carbons (Fsp3) is 0.208. The van der Waals surface area contributed by atoms with Crippen LogP contribution in [0, 0.1) is 0 Å². The van der Waals surface area contributed by atoms with Gasteiger partial charge in [-0.1, -0.05) is 38.1 Å². The van der Waals surface area contributed by atoms with E-state index in [4.69, 9.17) is 4.42 Å². The molecule has 0 radical (unpaired) electrons. The third-order valence-corrected chi connectivity index (χ3v) is 8.15. The van der Waals surface area contributed by atoms with Gasteiger partial charge in [0.15, 0.2) is 0 Å². The maximum absolute atomic E-state index is 12.5. The molecule has 1 amide bonds. The first kappa shape index (κ1) is 22.1. The number of furan rings is 1. The summed E-state index contributed by atoms with van der Waals surface area (Å²) in [7, 11) is -4.34. The normalized spacial score (nSPS) is 15.0. The van der Waals surface area contributed by atoms with Crippen LogP contribution in [0.4, 0.5) is 11.4 Å². The Morgan fingerprint density at radius 3 is 2.41 bits per heavy atom. The van der Waals surface area contributed by atoms with E-state index in [9.17, 15) is 19.1 Å². The standard InChI is InChI=1S/C24H25N2O5P/c1-3-24(4-2,32(28,29)30)17-8-10-18(11-9-17)25-15-20-19-12-7-16(22-6-5-13-31-22)14-21(19)26-23(20)27/h5-15,25H,3-4H2,1-2H3,(H,26,27)(H2,28,29,30). The van der Waals surface area contributed by atoms with Crippen LogP contribution in [0.3, 0.4) is 0 Å². The molecule has 7 nitrogen and oxygen atoms in total. The van der Waals surface area contributed by atoms with Crippen molar-refractivity contribution in [2.75, 3.05) is 10.6 Å².